The lowest BCUT2D eigenvalue weighted by Crippen LogP contribution is -2.57. The van der Waals surface area contributed by atoms with Crippen LogP contribution in [0, 0.1) is 5.41 Å². The molecule has 0 radical (unpaired) electrons. The zero-order valence-electron chi connectivity index (χ0n) is 11.4. The molecule has 2 saturated heterocycles. The second kappa shape index (κ2) is 4.50. The molecule has 0 unspecified atom stereocenters. The Morgan fingerprint density at radius 2 is 1.00 bits per heavy atom. The molecule has 2 aliphatic heterocycles. The lowest BCUT2D eigenvalue weighted by atomic mass is 9.89. The second-order valence-electron chi connectivity index (χ2n) is 5.63. The summed E-state index contributed by atoms with van der Waals surface area (Å²) in [5.41, 5.74) is -0.122. The molecule has 0 N–H and O–H groups in total. The summed E-state index contributed by atoms with van der Waals surface area (Å²) in [4.78, 5) is 0. The van der Waals surface area contributed by atoms with E-state index in [-0.39, 0.29) is 5.41 Å². The van der Waals surface area contributed by atoms with Crippen molar-refractivity contribution >= 4 is 0 Å². The van der Waals surface area contributed by atoms with Crippen molar-refractivity contribution in [3.63, 3.8) is 0 Å². The van der Waals surface area contributed by atoms with Gasteiger partial charge in [0.25, 0.3) is 0 Å². The minimum absolute atomic E-state index is 0.122. The van der Waals surface area contributed by atoms with Gasteiger partial charge in [0.15, 0.2) is 11.6 Å². The van der Waals surface area contributed by atoms with Crippen LogP contribution in [0.15, 0.2) is 0 Å². The third kappa shape index (κ3) is 2.65. The lowest BCUT2D eigenvalue weighted by Gasteiger charge is -2.49. The zero-order chi connectivity index (χ0) is 12.6. The normalized spacial score (nSPS) is 47.3. The summed E-state index contributed by atoms with van der Waals surface area (Å²) in [6.07, 6.45) is 1.72. The number of hydrogen-bond acceptors (Lipinski definition) is 4. The van der Waals surface area contributed by atoms with Gasteiger partial charge in [-0.2, -0.15) is 0 Å². The molecule has 4 heteroatoms. The fraction of sp³-hybridized carbons (Fsp3) is 1.00. The van der Waals surface area contributed by atoms with Crippen LogP contribution in [0.1, 0.15) is 40.5 Å². The Balaban J connectivity index is 1.93. The van der Waals surface area contributed by atoms with E-state index in [0.717, 1.165) is 12.8 Å². The smallest absolute Gasteiger partial charge is 0.165 e. The largest absolute Gasteiger partial charge is 0.349 e. The molecule has 0 bridgehead atoms. The van der Waals surface area contributed by atoms with Crippen molar-refractivity contribution < 1.29 is 18.9 Å². The molecule has 0 aromatic heterocycles. The van der Waals surface area contributed by atoms with Crippen LogP contribution in [-0.4, -0.2) is 38.0 Å². The molecule has 2 heterocycles. The highest BCUT2D eigenvalue weighted by Gasteiger charge is 2.47. The van der Waals surface area contributed by atoms with Crippen LogP contribution >= 0.6 is 0 Å². The molecule has 0 saturated carbocycles. The van der Waals surface area contributed by atoms with E-state index in [0.29, 0.717) is 26.4 Å². The summed E-state index contributed by atoms with van der Waals surface area (Å²) >= 11 is 0. The molecule has 0 amide bonds. The highest BCUT2D eigenvalue weighted by molar-refractivity contribution is 4.88. The van der Waals surface area contributed by atoms with E-state index < -0.39 is 11.6 Å². The van der Waals surface area contributed by atoms with Crippen molar-refractivity contribution in [1.29, 1.82) is 0 Å². The average molecular weight is 244 g/mol. The Kier molecular flexibility index (Phi) is 3.51. The first-order valence-electron chi connectivity index (χ1n) is 6.51. The quantitative estimate of drug-likeness (QED) is 0.747. The highest BCUT2D eigenvalue weighted by Crippen LogP contribution is 2.37. The summed E-state index contributed by atoms with van der Waals surface area (Å²) in [6, 6.07) is 0. The Labute approximate surface area is 104 Å². The molecule has 2 aliphatic rings. The van der Waals surface area contributed by atoms with Crippen LogP contribution < -0.4 is 0 Å². The van der Waals surface area contributed by atoms with Gasteiger partial charge in [0.2, 0.25) is 0 Å². The third-order valence-electron chi connectivity index (χ3n) is 4.02. The van der Waals surface area contributed by atoms with Crippen molar-refractivity contribution in [2.75, 3.05) is 26.4 Å². The Bertz CT molecular complexity index is 229. The van der Waals surface area contributed by atoms with Crippen molar-refractivity contribution in [1.82, 2.24) is 0 Å². The molecule has 2 rings (SSSR count). The van der Waals surface area contributed by atoms with Gasteiger partial charge >= 0.3 is 0 Å². The first kappa shape index (κ1) is 13.3. The van der Waals surface area contributed by atoms with Gasteiger partial charge in [-0.1, -0.05) is 13.8 Å². The van der Waals surface area contributed by atoms with Crippen molar-refractivity contribution in [2.45, 2.75) is 52.1 Å². The Morgan fingerprint density at radius 1 is 0.706 bits per heavy atom. The van der Waals surface area contributed by atoms with E-state index in [1.54, 1.807) is 0 Å². The van der Waals surface area contributed by atoms with Crippen molar-refractivity contribution in [3.8, 4) is 0 Å². The molecular weight excluding hydrogens is 220 g/mol. The lowest BCUT2D eigenvalue weighted by molar-refractivity contribution is -0.360. The van der Waals surface area contributed by atoms with E-state index in [1.165, 1.54) is 0 Å². The molecular formula is C13H24O4. The van der Waals surface area contributed by atoms with Gasteiger partial charge in [-0.3, -0.25) is 0 Å². The molecule has 2 fully saturated rings. The van der Waals surface area contributed by atoms with E-state index in [4.69, 9.17) is 18.9 Å². The topological polar surface area (TPSA) is 36.9 Å². The second-order valence-corrected chi connectivity index (χ2v) is 5.63. The molecule has 0 aromatic carbocycles. The van der Waals surface area contributed by atoms with E-state index in [9.17, 15) is 0 Å². The summed E-state index contributed by atoms with van der Waals surface area (Å²) in [5.74, 6) is -0.868. The maximum absolute atomic E-state index is 5.83. The summed E-state index contributed by atoms with van der Waals surface area (Å²) in [5, 5.41) is 0. The first-order valence-corrected chi connectivity index (χ1v) is 6.51. The van der Waals surface area contributed by atoms with Gasteiger partial charge in [0.05, 0.1) is 31.8 Å². The molecule has 0 atom stereocenters. The molecule has 100 valence electrons. The van der Waals surface area contributed by atoms with Crippen LogP contribution in [0.25, 0.3) is 0 Å². The predicted molar refractivity (Wildman–Crippen MR) is 63.6 cm³/mol. The Morgan fingerprint density at radius 3 is 1.24 bits per heavy atom. The zero-order valence-corrected chi connectivity index (χ0v) is 11.4. The molecule has 1 spiro atoms. The predicted octanol–water partition coefficient (Wildman–Crippen LogP) is 2.32. The number of hydrogen-bond donors (Lipinski definition) is 0. The standard InChI is InChI=1S/C13H24O4/c1-5-11(3)14-7-13(8-15-11)9-16-12(4,6-2)17-10-13/h5-10H2,1-4H3. The minimum Gasteiger partial charge on any atom is -0.349 e. The molecule has 4 nitrogen and oxygen atoms in total. The van der Waals surface area contributed by atoms with Crippen molar-refractivity contribution in [2.24, 2.45) is 5.41 Å². The van der Waals surface area contributed by atoms with Crippen LogP contribution in [0.2, 0.25) is 0 Å². The van der Waals surface area contributed by atoms with E-state index in [1.807, 2.05) is 13.8 Å². The highest BCUT2D eigenvalue weighted by atomic mass is 16.7. The SMILES string of the molecule is CCC1(C)OCC2(CO1)COC(C)(CC)OC2. The van der Waals surface area contributed by atoms with Gasteiger partial charge in [-0.25, -0.2) is 0 Å². The van der Waals surface area contributed by atoms with Crippen LogP contribution in [0.4, 0.5) is 0 Å². The van der Waals surface area contributed by atoms with Crippen LogP contribution in [0.5, 0.6) is 0 Å². The maximum atomic E-state index is 5.83. The first-order chi connectivity index (χ1) is 7.95. The number of ether oxygens (including phenoxy) is 4. The maximum Gasteiger partial charge on any atom is 0.165 e. The monoisotopic (exact) mass is 244 g/mol. The molecule has 0 aromatic rings. The van der Waals surface area contributed by atoms with E-state index >= 15 is 0 Å². The summed E-state index contributed by atoms with van der Waals surface area (Å²) in [7, 11) is 0. The molecule has 17 heavy (non-hydrogen) atoms. The van der Waals surface area contributed by atoms with Gasteiger partial charge < -0.3 is 18.9 Å². The summed E-state index contributed by atoms with van der Waals surface area (Å²) < 4.78 is 23.3. The summed E-state index contributed by atoms with van der Waals surface area (Å²) in [6.45, 7) is 10.7. The minimum atomic E-state index is -0.434. The average Bonchev–Trinajstić information content (AvgIpc) is 2.37. The van der Waals surface area contributed by atoms with Gasteiger partial charge in [-0.05, 0) is 26.7 Å². The Hall–Kier alpha value is -0.160. The van der Waals surface area contributed by atoms with E-state index in [2.05, 4.69) is 13.8 Å². The van der Waals surface area contributed by atoms with Crippen LogP contribution in [-0.2, 0) is 18.9 Å². The molecule has 0 aliphatic carbocycles. The third-order valence-corrected chi connectivity index (χ3v) is 4.02. The van der Waals surface area contributed by atoms with Gasteiger partial charge in [-0.15, -0.1) is 0 Å². The fourth-order valence-electron chi connectivity index (χ4n) is 1.96. The van der Waals surface area contributed by atoms with Crippen LogP contribution in [0.3, 0.4) is 0 Å². The fourth-order valence-corrected chi connectivity index (χ4v) is 1.96. The number of rotatable bonds is 2. The van der Waals surface area contributed by atoms with Gasteiger partial charge in [0.1, 0.15) is 0 Å². The van der Waals surface area contributed by atoms with Crippen molar-refractivity contribution in [3.05, 3.63) is 0 Å². The van der Waals surface area contributed by atoms with Gasteiger partial charge in [0, 0.05) is 0 Å².